The van der Waals surface area contributed by atoms with Gasteiger partial charge < -0.3 is 14.2 Å². The minimum absolute atomic E-state index is 0.0459. The topological polar surface area (TPSA) is 86.3 Å². The molecule has 134 valence electrons. The van der Waals surface area contributed by atoms with Gasteiger partial charge >= 0.3 is 0 Å². The van der Waals surface area contributed by atoms with Gasteiger partial charge in [-0.05, 0) is 37.6 Å². The Hall–Kier alpha value is -3.16. The zero-order chi connectivity index (χ0) is 18.1. The first kappa shape index (κ1) is 16.3. The number of anilines is 1. The van der Waals surface area contributed by atoms with E-state index in [2.05, 4.69) is 15.2 Å². The second kappa shape index (κ2) is 6.62. The summed E-state index contributed by atoms with van der Waals surface area (Å²) >= 11 is 0. The standard InChI is InChI=1S/C18H19N5O3/c1-3-8-23-14-10-12(5-6-15(14)25-11-16(23)24)17-19-18(26-21-17)13-7-9-22(4-2)20-13/h5-7,9-10H,3-4,8,11H2,1-2H3. The van der Waals surface area contributed by atoms with Crippen LogP contribution < -0.4 is 9.64 Å². The molecule has 3 aromatic rings. The third-order valence-corrected chi connectivity index (χ3v) is 4.22. The molecule has 0 fully saturated rings. The van der Waals surface area contributed by atoms with E-state index in [9.17, 15) is 4.79 Å². The summed E-state index contributed by atoms with van der Waals surface area (Å²) in [5, 5.41) is 8.43. The summed E-state index contributed by atoms with van der Waals surface area (Å²) in [5.74, 6) is 1.45. The van der Waals surface area contributed by atoms with Crippen molar-refractivity contribution in [2.45, 2.75) is 26.8 Å². The molecule has 1 aliphatic heterocycles. The number of fused-ring (bicyclic) bond motifs is 1. The van der Waals surface area contributed by atoms with Crippen LogP contribution in [0.2, 0.25) is 0 Å². The van der Waals surface area contributed by atoms with Crippen LogP contribution in [0.15, 0.2) is 35.0 Å². The van der Waals surface area contributed by atoms with Gasteiger partial charge in [-0.1, -0.05) is 12.1 Å². The van der Waals surface area contributed by atoms with Crippen LogP contribution in [0.5, 0.6) is 5.75 Å². The van der Waals surface area contributed by atoms with Gasteiger partial charge in [0.2, 0.25) is 5.82 Å². The van der Waals surface area contributed by atoms with Gasteiger partial charge in [0.15, 0.2) is 12.3 Å². The quantitative estimate of drug-likeness (QED) is 0.701. The Labute approximate surface area is 150 Å². The minimum atomic E-state index is -0.0459. The molecule has 0 saturated heterocycles. The third-order valence-electron chi connectivity index (χ3n) is 4.22. The number of rotatable bonds is 5. The Morgan fingerprint density at radius 1 is 1.23 bits per heavy atom. The molecule has 8 heteroatoms. The maximum atomic E-state index is 12.2. The van der Waals surface area contributed by atoms with Gasteiger partial charge in [-0.3, -0.25) is 9.48 Å². The van der Waals surface area contributed by atoms with E-state index in [1.807, 2.05) is 44.3 Å². The van der Waals surface area contributed by atoms with Gasteiger partial charge in [0, 0.05) is 24.8 Å². The molecule has 0 atom stereocenters. The monoisotopic (exact) mass is 353 g/mol. The van der Waals surface area contributed by atoms with E-state index in [1.165, 1.54) is 0 Å². The van der Waals surface area contributed by atoms with Crippen LogP contribution in [0.25, 0.3) is 23.0 Å². The second-order valence-corrected chi connectivity index (χ2v) is 6.00. The largest absolute Gasteiger partial charge is 0.482 e. The van der Waals surface area contributed by atoms with Gasteiger partial charge in [0.1, 0.15) is 5.75 Å². The summed E-state index contributed by atoms with van der Waals surface area (Å²) < 4.78 is 12.7. The summed E-state index contributed by atoms with van der Waals surface area (Å²) in [6.07, 6.45) is 2.73. The van der Waals surface area contributed by atoms with E-state index in [-0.39, 0.29) is 12.5 Å². The predicted molar refractivity (Wildman–Crippen MR) is 94.8 cm³/mol. The number of aryl methyl sites for hydroxylation is 1. The lowest BCUT2D eigenvalue weighted by Gasteiger charge is -2.29. The van der Waals surface area contributed by atoms with Crippen LogP contribution in [-0.4, -0.2) is 39.0 Å². The average Bonchev–Trinajstić information content (AvgIpc) is 3.32. The van der Waals surface area contributed by atoms with Crippen molar-refractivity contribution in [2.75, 3.05) is 18.1 Å². The number of benzene rings is 1. The number of ether oxygens (including phenoxy) is 1. The highest BCUT2D eigenvalue weighted by Crippen LogP contribution is 2.35. The van der Waals surface area contributed by atoms with Gasteiger partial charge in [0.25, 0.3) is 11.8 Å². The summed E-state index contributed by atoms with van der Waals surface area (Å²) in [7, 11) is 0. The molecule has 0 aliphatic carbocycles. The molecule has 1 aliphatic rings. The Balaban J connectivity index is 1.68. The normalized spacial score (nSPS) is 13.6. The number of nitrogens with zero attached hydrogens (tertiary/aromatic N) is 5. The number of hydrogen-bond acceptors (Lipinski definition) is 6. The lowest BCUT2D eigenvalue weighted by molar-refractivity contribution is -0.121. The van der Waals surface area contributed by atoms with Crippen LogP contribution in [0.4, 0.5) is 5.69 Å². The fraction of sp³-hybridized carbons (Fsp3) is 0.333. The van der Waals surface area contributed by atoms with E-state index in [0.717, 1.165) is 24.2 Å². The average molecular weight is 353 g/mol. The summed E-state index contributed by atoms with van der Waals surface area (Å²) in [4.78, 5) is 18.3. The third kappa shape index (κ3) is 2.83. The molecule has 0 spiro atoms. The summed E-state index contributed by atoms with van der Waals surface area (Å²) in [6, 6.07) is 7.39. The fourth-order valence-electron chi connectivity index (χ4n) is 2.91. The van der Waals surface area contributed by atoms with Crippen molar-refractivity contribution in [3.8, 4) is 28.7 Å². The first-order valence-electron chi connectivity index (χ1n) is 8.64. The molecule has 1 aromatic carbocycles. The molecule has 0 unspecified atom stereocenters. The predicted octanol–water partition coefficient (Wildman–Crippen LogP) is 2.76. The van der Waals surface area contributed by atoms with Crippen molar-refractivity contribution in [1.29, 1.82) is 0 Å². The van der Waals surface area contributed by atoms with Crippen LogP contribution in [-0.2, 0) is 11.3 Å². The minimum Gasteiger partial charge on any atom is -0.482 e. The molecule has 1 amide bonds. The summed E-state index contributed by atoms with van der Waals surface area (Å²) in [5.41, 5.74) is 2.13. The van der Waals surface area contributed by atoms with Gasteiger partial charge in [-0.2, -0.15) is 10.1 Å². The Bertz CT molecular complexity index is 946. The molecule has 8 nitrogen and oxygen atoms in total. The Kier molecular flexibility index (Phi) is 4.16. The van der Waals surface area contributed by atoms with Gasteiger partial charge in [0.05, 0.1) is 5.69 Å². The van der Waals surface area contributed by atoms with Crippen molar-refractivity contribution < 1.29 is 14.1 Å². The van der Waals surface area contributed by atoms with Crippen molar-refractivity contribution in [1.82, 2.24) is 19.9 Å². The fourth-order valence-corrected chi connectivity index (χ4v) is 2.91. The molecule has 0 saturated carbocycles. The maximum absolute atomic E-state index is 12.2. The number of aromatic nitrogens is 4. The zero-order valence-corrected chi connectivity index (χ0v) is 14.7. The molecule has 4 rings (SSSR count). The summed E-state index contributed by atoms with van der Waals surface area (Å²) in [6.45, 7) is 5.53. The molecule has 2 aromatic heterocycles. The zero-order valence-electron chi connectivity index (χ0n) is 14.7. The van der Waals surface area contributed by atoms with Crippen molar-refractivity contribution >= 4 is 11.6 Å². The van der Waals surface area contributed by atoms with Crippen molar-refractivity contribution in [3.05, 3.63) is 30.5 Å². The van der Waals surface area contributed by atoms with E-state index in [0.29, 0.717) is 29.7 Å². The molecule has 0 radical (unpaired) electrons. The van der Waals surface area contributed by atoms with Crippen LogP contribution in [0.3, 0.4) is 0 Å². The second-order valence-electron chi connectivity index (χ2n) is 6.00. The maximum Gasteiger partial charge on any atom is 0.278 e. The molecular formula is C18H19N5O3. The Morgan fingerprint density at radius 2 is 2.12 bits per heavy atom. The SMILES string of the molecule is CCCN1C(=O)COc2ccc(-c3noc(-c4ccn(CC)n4)n3)cc21. The van der Waals surface area contributed by atoms with E-state index < -0.39 is 0 Å². The van der Waals surface area contributed by atoms with E-state index >= 15 is 0 Å². The highest BCUT2D eigenvalue weighted by Gasteiger charge is 2.26. The highest BCUT2D eigenvalue weighted by atomic mass is 16.5. The smallest absolute Gasteiger partial charge is 0.278 e. The van der Waals surface area contributed by atoms with Gasteiger partial charge in [-0.25, -0.2) is 0 Å². The molecule has 26 heavy (non-hydrogen) atoms. The lowest BCUT2D eigenvalue weighted by atomic mass is 10.1. The van der Waals surface area contributed by atoms with Crippen LogP contribution >= 0.6 is 0 Å². The molecular weight excluding hydrogens is 334 g/mol. The number of hydrogen-bond donors (Lipinski definition) is 0. The van der Waals surface area contributed by atoms with Crippen molar-refractivity contribution in [2.24, 2.45) is 0 Å². The molecule has 0 N–H and O–H groups in total. The van der Waals surface area contributed by atoms with Crippen molar-refractivity contribution in [3.63, 3.8) is 0 Å². The number of carbonyl (C=O) groups is 1. The van der Waals surface area contributed by atoms with E-state index in [4.69, 9.17) is 9.26 Å². The Morgan fingerprint density at radius 3 is 2.88 bits per heavy atom. The molecule has 0 bridgehead atoms. The first-order valence-corrected chi connectivity index (χ1v) is 8.64. The first-order chi connectivity index (χ1) is 12.7. The number of carbonyl (C=O) groups excluding carboxylic acids is 1. The molecule has 3 heterocycles. The van der Waals surface area contributed by atoms with E-state index in [1.54, 1.807) is 9.58 Å². The highest BCUT2D eigenvalue weighted by molar-refractivity contribution is 5.98. The number of amides is 1. The van der Waals surface area contributed by atoms with Crippen LogP contribution in [0.1, 0.15) is 20.3 Å². The lowest BCUT2D eigenvalue weighted by Crippen LogP contribution is -2.39. The van der Waals surface area contributed by atoms with Crippen LogP contribution in [0, 0.1) is 0 Å². The van der Waals surface area contributed by atoms with Gasteiger partial charge in [-0.15, -0.1) is 0 Å².